The number of hydrogen-bond acceptors (Lipinski definition) is 3. The van der Waals surface area contributed by atoms with Crippen molar-refractivity contribution >= 4 is 0 Å². The van der Waals surface area contributed by atoms with E-state index in [1.54, 1.807) is 0 Å². The lowest BCUT2D eigenvalue weighted by atomic mass is 10.1. The van der Waals surface area contributed by atoms with Gasteiger partial charge in [0, 0.05) is 19.6 Å². The molecule has 1 saturated heterocycles. The minimum atomic E-state index is 0.673. The lowest BCUT2D eigenvalue weighted by Crippen LogP contribution is -2.32. The lowest BCUT2D eigenvalue weighted by Gasteiger charge is -2.25. The summed E-state index contributed by atoms with van der Waals surface area (Å²) in [6.07, 6.45) is 2.72. The van der Waals surface area contributed by atoms with Crippen LogP contribution < -0.4 is 0 Å². The predicted molar refractivity (Wildman–Crippen MR) is 82.3 cm³/mol. The molecule has 0 amide bonds. The normalized spacial score (nSPS) is 17.3. The van der Waals surface area contributed by atoms with Crippen molar-refractivity contribution in [1.29, 1.82) is 5.26 Å². The van der Waals surface area contributed by atoms with Crippen LogP contribution in [0.25, 0.3) is 0 Å². The van der Waals surface area contributed by atoms with E-state index in [-0.39, 0.29) is 0 Å². The zero-order valence-electron chi connectivity index (χ0n) is 12.7. The second-order valence-electron chi connectivity index (χ2n) is 6.08. The van der Waals surface area contributed by atoms with Gasteiger partial charge in [0.25, 0.3) is 0 Å². The molecule has 1 heterocycles. The summed E-state index contributed by atoms with van der Waals surface area (Å²) in [7, 11) is 2.15. The van der Waals surface area contributed by atoms with Crippen LogP contribution in [0.2, 0.25) is 0 Å². The summed E-state index contributed by atoms with van der Waals surface area (Å²) >= 11 is 0. The van der Waals surface area contributed by atoms with Gasteiger partial charge < -0.3 is 9.80 Å². The highest BCUT2D eigenvalue weighted by molar-refractivity contribution is 5.37. The van der Waals surface area contributed by atoms with E-state index in [4.69, 9.17) is 5.26 Å². The van der Waals surface area contributed by atoms with E-state index in [0.717, 1.165) is 24.2 Å². The Kier molecular flexibility index (Phi) is 5.58. The molecule has 3 nitrogen and oxygen atoms in total. The molecule has 1 aliphatic rings. The fourth-order valence-corrected chi connectivity index (χ4v) is 3.12. The zero-order chi connectivity index (χ0) is 14.4. The van der Waals surface area contributed by atoms with Crippen molar-refractivity contribution in [2.45, 2.75) is 26.3 Å². The Morgan fingerprint density at radius 1 is 1.30 bits per heavy atom. The number of rotatable bonds is 6. The molecule has 0 aromatic heterocycles. The largest absolute Gasteiger partial charge is 0.303 e. The molecule has 0 N–H and O–H groups in total. The SMILES string of the molecule is CC(CN(C)Cc1ccccc1C#N)CN1CCCC1. The Labute approximate surface area is 122 Å². The van der Waals surface area contributed by atoms with Gasteiger partial charge >= 0.3 is 0 Å². The molecule has 0 bridgehead atoms. The minimum absolute atomic E-state index is 0.673. The second-order valence-corrected chi connectivity index (χ2v) is 6.08. The highest BCUT2D eigenvalue weighted by Gasteiger charge is 2.16. The van der Waals surface area contributed by atoms with Crippen molar-refractivity contribution in [3.8, 4) is 6.07 Å². The van der Waals surface area contributed by atoms with Crippen LogP contribution in [-0.4, -0.2) is 43.0 Å². The molecule has 1 aliphatic heterocycles. The minimum Gasteiger partial charge on any atom is -0.303 e. The smallest absolute Gasteiger partial charge is 0.0995 e. The van der Waals surface area contributed by atoms with Crippen molar-refractivity contribution in [3.05, 3.63) is 35.4 Å². The Hall–Kier alpha value is -1.37. The monoisotopic (exact) mass is 271 g/mol. The van der Waals surface area contributed by atoms with Crippen LogP contribution in [-0.2, 0) is 6.54 Å². The van der Waals surface area contributed by atoms with Gasteiger partial charge in [0.15, 0.2) is 0 Å². The van der Waals surface area contributed by atoms with Crippen LogP contribution in [0.4, 0.5) is 0 Å². The Morgan fingerprint density at radius 3 is 2.70 bits per heavy atom. The van der Waals surface area contributed by atoms with Crippen LogP contribution in [0, 0.1) is 17.2 Å². The van der Waals surface area contributed by atoms with Gasteiger partial charge in [-0.1, -0.05) is 25.1 Å². The van der Waals surface area contributed by atoms with E-state index >= 15 is 0 Å². The first-order chi connectivity index (χ1) is 9.69. The third-order valence-corrected chi connectivity index (χ3v) is 3.97. The van der Waals surface area contributed by atoms with E-state index in [9.17, 15) is 0 Å². The molecule has 0 saturated carbocycles. The van der Waals surface area contributed by atoms with Crippen molar-refractivity contribution in [2.24, 2.45) is 5.92 Å². The van der Waals surface area contributed by atoms with E-state index in [2.05, 4.69) is 35.9 Å². The van der Waals surface area contributed by atoms with Crippen LogP contribution in [0.1, 0.15) is 30.9 Å². The summed E-state index contributed by atoms with van der Waals surface area (Å²) in [6.45, 7) is 8.00. The molecule has 1 atom stereocenters. The highest BCUT2D eigenvalue weighted by Crippen LogP contribution is 2.13. The standard InChI is InChI=1S/C17H25N3/c1-15(13-20-9-5-6-10-20)12-19(2)14-17-8-4-3-7-16(17)11-18/h3-4,7-8,15H,5-6,9-10,12-14H2,1-2H3. The average Bonchev–Trinajstić information content (AvgIpc) is 2.91. The fraction of sp³-hybridized carbons (Fsp3) is 0.588. The van der Waals surface area contributed by atoms with E-state index in [1.165, 1.54) is 32.5 Å². The topological polar surface area (TPSA) is 30.3 Å². The second kappa shape index (κ2) is 7.42. The Bertz CT molecular complexity index is 458. The number of nitriles is 1. The summed E-state index contributed by atoms with van der Waals surface area (Å²) in [5.74, 6) is 0.673. The Morgan fingerprint density at radius 2 is 2.00 bits per heavy atom. The molecular weight excluding hydrogens is 246 g/mol. The van der Waals surface area contributed by atoms with Gasteiger partial charge in [-0.15, -0.1) is 0 Å². The molecule has 0 radical (unpaired) electrons. The number of hydrogen-bond donors (Lipinski definition) is 0. The van der Waals surface area contributed by atoms with E-state index in [1.807, 2.05) is 18.2 Å². The molecule has 0 spiro atoms. The van der Waals surface area contributed by atoms with Crippen molar-refractivity contribution in [2.75, 3.05) is 33.2 Å². The number of benzene rings is 1. The molecule has 2 rings (SSSR count). The van der Waals surface area contributed by atoms with Crippen LogP contribution in [0.3, 0.4) is 0 Å². The quantitative estimate of drug-likeness (QED) is 0.797. The molecule has 1 aromatic carbocycles. The highest BCUT2D eigenvalue weighted by atomic mass is 15.2. The first-order valence-corrected chi connectivity index (χ1v) is 7.58. The van der Waals surface area contributed by atoms with Gasteiger partial charge in [-0.05, 0) is 50.5 Å². The molecule has 108 valence electrons. The summed E-state index contributed by atoms with van der Waals surface area (Å²) < 4.78 is 0. The molecule has 3 heteroatoms. The predicted octanol–water partition coefficient (Wildman–Crippen LogP) is 2.72. The molecule has 1 unspecified atom stereocenters. The third-order valence-electron chi connectivity index (χ3n) is 3.97. The first kappa shape index (κ1) is 15.0. The summed E-state index contributed by atoms with van der Waals surface area (Å²) in [4.78, 5) is 4.90. The zero-order valence-corrected chi connectivity index (χ0v) is 12.7. The number of likely N-dealkylation sites (tertiary alicyclic amines) is 1. The van der Waals surface area contributed by atoms with Crippen LogP contribution in [0.5, 0.6) is 0 Å². The van der Waals surface area contributed by atoms with Gasteiger partial charge in [-0.2, -0.15) is 5.26 Å². The third kappa shape index (κ3) is 4.33. The van der Waals surface area contributed by atoms with Crippen LogP contribution >= 0.6 is 0 Å². The van der Waals surface area contributed by atoms with Gasteiger partial charge in [0.1, 0.15) is 0 Å². The van der Waals surface area contributed by atoms with Gasteiger partial charge in [-0.3, -0.25) is 0 Å². The summed E-state index contributed by atoms with van der Waals surface area (Å²) in [5, 5.41) is 9.13. The molecule has 0 aliphatic carbocycles. The van der Waals surface area contributed by atoms with E-state index < -0.39 is 0 Å². The maximum atomic E-state index is 9.13. The van der Waals surface area contributed by atoms with E-state index in [0.29, 0.717) is 5.92 Å². The van der Waals surface area contributed by atoms with Crippen molar-refractivity contribution in [1.82, 2.24) is 9.80 Å². The lowest BCUT2D eigenvalue weighted by molar-refractivity contribution is 0.221. The molecule has 20 heavy (non-hydrogen) atoms. The molecule has 1 fully saturated rings. The van der Waals surface area contributed by atoms with Gasteiger partial charge in [0.2, 0.25) is 0 Å². The maximum Gasteiger partial charge on any atom is 0.0995 e. The molecule has 1 aromatic rings. The fourth-order valence-electron chi connectivity index (χ4n) is 3.12. The summed E-state index contributed by atoms with van der Waals surface area (Å²) in [5.41, 5.74) is 1.93. The number of nitrogens with zero attached hydrogens (tertiary/aromatic N) is 3. The molecular formula is C17H25N3. The van der Waals surface area contributed by atoms with Crippen molar-refractivity contribution in [3.63, 3.8) is 0 Å². The first-order valence-electron chi connectivity index (χ1n) is 7.58. The maximum absolute atomic E-state index is 9.13. The summed E-state index contributed by atoms with van der Waals surface area (Å²) in [6, 6.07) is 10.2. The van der Waals surface area contributed by atoms with Gasteiger partial charge in [0.05, 0.1) is 11.6 Å². The average molecular weight is 271 g/mol. The van der Waals surface area contributed by atoms with Gasteiger partial charge in [-0.25, -0.2) is 0 Å². The Balaban J connectivity index is 1.82. The van der Waals surface area contributed by atoms with Crippen molar-refractivity contribution < 1.29 is 0 Å². The van der Waals surface area contributed by atoms with Crippen LogP contribution in [0.15, 0.2) is 24.3 Å².